The molecule has 2 aromatic heterocycles. The SMILES string of the molecule is Cc1n[nH]c(C)c1CCC(=O)N1C[C@@H]2CC[C@H]1CN(Cc1nc[nH]c1C)C2. The van der Waals surface area contributed by atoms with E-state index in [0.29, 0.717) is 24.3 Å². The molecule has 0 aromatic carbocycles. The Labute approximate surface area is 160 Å². The normalized spacial score (nSPS) is 23.0. The molecular weight excluding hydrogens is 340 g/mol. The molecule has 3 aliphatic rings. The molecule has 2 bridgehead atoms. The third kappa shape index (κ3) is 3.78. The molecule has 0 saturated carbocycles. The summed E-state index contributed by atoms with van der Waals surface area (Å²) in [5.41, 5.74) is 5.56. The molecule has 146 valence electrons. The predicted octanol–water partition coefficient (Wildman–Crippen LogP) is 2.11. The number of rotatable bonds is 5. The summed E-state index contributed by atoms with van der Waals surface area (Å²) < 4.78 is 0. The molecule has 2 N–H and O–H groups in total. The van der Waals surface area contributed by atoms with Crippen LogP contribution < -0.4 is 0 Å². The van der Waals surface area contributed by atoms with Crippen LogP contribution in [-0.2, 0) is 17.8 Å². The molecule has 1 amide bonds. The first-order chi connectivity index (χ1) is 13.0. The first-order valence-electron chi connectivity index (χ1n) is 10.0. The van der Waals surface area contributed by atoms with E-state index < -0.39 is 0 Å². The zero-order chi connectivity index (χ0) is 19.0. The lowest BCUT2D eigenvalue weighted by Gasteiger charge is -2.36. The van der Waals surface area contributed by atoms with Crippen molar-refractivity contribution in [3.63, 3.8) is 0 Å². The van der Waals surface area contributed by atoms with Crippen LogP contribution >= 0.6 is 0 Å². The summed E-state index contributed by atoms with van der Waals surface area (Å²) >= 11 is 0. The number of piperidine rings is 1. The molecule has 2 atom stereocenters. The van der Waals surface area contributed by atoms with Crippen LogP contribution in [0, 0.1) is 26.7 Å². The molecule has 2 aromatic rings. The highest BCUT2D eigenvalue weighted by atomic mass is 16.2. The monoisotopic (exact) mass is 370 g/mol. The number of fused-ring (bicyclic) bond motifs is 4. The summed E-state index contributed by atoms with van der Waals surface area (Å²) in [5.74, 6) is 0.867. The number of H-pyrrole nitrogens is 2. The third-order valence-corrected chi connectivity index (χ3v) is 6.29. The lowest BCUT2D eigenvalue weighted by atomic mass is 9.94. The van der Waals surface area contributed by atoms with E-state index in [1.54, 1.807) is 6.33 Å². The van der Waals surface area contributed by atoms with E-state index in [2.05, 4.69) is 36.9 Å². The number of hydrogen-bond acceptors (Lipinski definition) is 4. The molecular formula is C20H30N6O. The van der Waals surface area contributed by atoms with Crippen LogP contribution in [0.25, 0.3) is 0 Å². The van der Waals surface area contributed by atoms with Crippen LogP contribution in [0.15, 0.2) is 6.33 Å². The zero-order valence-electron chi connectivity index (χ0n) is 16.6. The number of aryl methyl sites for hydroxylation is 3. The molecule has 5 rings (SSSR count). The largest absolute Gasteiger partial charge is 0.348 e. The van der Waals surface area contributed by atoms with Crippen molar-refractivity contribution in [1.82, 2.24) is 30.0 Å². The summed E-state index contributed by atoms with van der Waals surface area (Å²) in [6, 6.07) is 0.335. The van der Waals surface area contributed by atoms with Crippen LogP contribution in [0.2, 0.25) is 0 Å². The van der Waals surface area contributed by atoms with Crippen LogP contribution in [0.1, 0.15) is 47.6 Å². The molecule has 0 radical (unpaired) electrons. The molecule has 0 unspecified atom stereocenters. The number of hydrogen-bond donors (Lipinski definition) is 2. The molecule has 7 nitrogen and oxygen atoms in total. The van der Waals surface area contributed by atoms with Gasteiger partial charge in [0, 0.05) is 50.0 Å². The van der Waals surface area contributed by atoms with Gasteiger partial charge in [0.2, 0.25) is 5.91 Å². The topological polar surface area (TPSA) is 80.9 Å². The van der Waals surface area contributed by atoms with Crippen molar-refractivity contribution in [1.29, 1.82) is 0 Å². The molecule has 0 spiro atoms. The summed E-state index contributed by atoms with van der Waals surface area (Å²) in [4.78, 5) is 25.3. The van der Waals surface area contributed by atoms with Crippen LogP contribution in [0.4, 0.5) is 0 Å². The van der Waals surface area contributed by atoms with Crippen LogP contribution in [0.5, 0.6) is 0 Å². The van der Waals surface area contributed by atoms with Gasteiger partial charge >= 0.3 is 0 Å². The number of carbonyl (C=O) groups excluding carboxylic acids is 1. The second-order valence-corrected chi connectivity index (χ2v) is 8.22. The Bertz CT molecular complexity index is 790. The highest BCUT2D eigenvalue weighted by Crippen LogP contribution is 2.29. The van der Waals surface area contributed by atoms with Crippen molar-refractivity contribution in [3.8, 4) is 0 Å². The summed E-state index contributed by atoms with van der Waals surface area (Å²) in [7, 11) is 0. The fourth-order valence-electron chi connectivity index (χ4n) is 4.69. The van der Waals surface area contributed by atoms with Crippen molar-refractivity contribution in [3.05, 3.63) is 34.7 Å². The van der Waals surface area contributed by atoms with Crippen molar-refractivity contribution in [2.75, 3.05) is 19.6 Å². The highest BCUT2D eigenvalue weighted by Gasteiger charge is 2.37. The van der Waals surface area contributed by atoms with Gasteiger partial charge in [-0.25, -0.2) is 4.98 Å². The Morgan fingerprint density at radius 2 is 2.04 bits per heavy atom. The summed E-state index contributed by atoms with van der Waals surface area (Å²) in [5, 5.41) is 7.27. The van der Waals surface area contributed by atoms with E-state index in [0.717, 1.165) is 61.8 Å². The second kappa shape index (κ2) is 7.46. The predicted molar refractivity (Wildman–Crippen MR) is 103 cm³/mol. The van der Waals surface area contributed by atoms with Crippen LogP contribution in [0.3, 0.4) is 0 Å². The minimum absolute atomic E-state index is 0.294. The van der Waals surface area contributed by atoms with Crippen molar-refractivity contribution in [2.24, 2.45) is 5.92 Å². The Morgan fingerprint density at radius 3 is 2.74 bits per heavy atom. The fourth-order valence-corrected chi connectivity index (χ4v) is 4.69. The smallest absolute Gasteiger partial charge is 0.223 e. The zero-order valence-corrected chi connectivity index (χ0v) is 16.6. The molecule has 3 aliphatic heterocycles. The summed E-state index contributed by atoms with van der Waals surface area (Å²) in [6.07, 6.45) is 5.47. The average molecular weight is 371 g/mol. The first kappa shape index (κ1) is 18.2. The van der Waals surface area contributed by atoms with Crippen LogP contribution in [-0.4, -0.2) is 61.5 Å². The lowest BCUT2D eigenvalue weighted by molar-refractivity contribution is -0.135. The second-order valence-electron chi connectivity index (χ2n) is 8.22. The maximum atomic E-state index is 13.0. The minimum Gasteiger partial charge on any atom is -0.348 e. The maximum absolute atomic E-state index is 13.0. The van der Waals surface area contributed by atoms with Gasteiger partial charge in [-0.2, -0.15) is 5.10 Å². The lowest BCUT2D eigenvalue weighted by Crippen LogP contribution is -2.47. The van der Waals surface area contributed by atoms with E-state index in [1.165, 1.54) is 12.0 Å². The van der Waals surface area contributed by atoms with E-state index >= 15 is 0 Å². The Kier molecular flexibility index (Phi) is 5.04. The van der Waals surface area contributed by atoms with Crippen molar-refractivity contribution in [2.45, 2.75) is 59.0 Å². The minimum atomic E-state index is 0.294. The quantitative estimate of drug-likeness (QED) is 0.845. The first-order valence-corrected chi connectivity index (χ1v) is 10.0. The van der Waals surface area contributed by atoms with Gasteiger partial charge in [-0.05, 0) is 51.5 Å². The molecule has 3 fully saturated rings. The highest BCUT2D eigenvalue weighted by molar-refractivity contribution is 5.77. The van der Waals surface area contributed by atoms with E-state index in [9.17, 15) is 4.79 Å². The number of amides is 1. The van der Waals surface area contributed by atoms with Gasteiger partial charge in [0.05, 0.1) is 17.7 Å². The molecule has 3 saturated heterocycles. The number of imidazole rings is 1. The van der Waals surface area contributed by atoms with E-state index in [1.807, 2.05) is 13.8 Å². The Morgan fingerprint density at radius 1 is 1.19 bits per heavy atom. The van der Waals surface area contributed by atoms with Gasteiger partial charge in [0.15, 0.2) is 0 Å². The van der Waals surface area contributed by atoms with E-state index in [4.69, 9.17) is 0 Å². The van der Waals surface area contributed by atoms with Crippen molar-refractivity contribution >= 4 is 5.91 Å². The molecule has 27 heavy (non-hydrogen) atoms. The standard InChI is InChI=1S/C20H30N6O/c1-13-18(14(2)24-23-13)6-7-20(27)26-9-16-4-5-17(26)10-25(8-16)11-19-15(3)21-12-22-19/h12,16-17H,4-11H2,1-3H3,(H,21,22)(H,23,24)/t16-,17+/m1/s1. The number of nitrogens with zero attached hydrogens (tertiary/aromatic N) is 4. The number of nitrogens with one attached hydrogen (secondary N) is 2. The van der Waals surface area contributed by atoms with Gasteiger partial charge in [0.1, 0.15) is 0 Å². The average Bonchev–Trinajstić information content (AvgIpc) is 3.05. The van der Waals surface area contributed by atoms with Crippen molar-refractivity contribution < 1.29 is 4.79 Å². The van der Waals surface area contributed by atoms with Gasteiger partial charge < -0.3 is 9.88 Å². The molecule has 0 aliphatic carbocycles. The maximum Gasteiger partial charge on any atom is 0.223 e. The Balaban J connectivity index is 1.39. The third-order valence-electron chi connectivity index (χ3n) is 6.29. The van der Waals surface area contributed by atoms with E-state index in [-0.39, 0.29) is 0 Å². The Hall–Kier alpha value is -2.15. The van der Waals surface area contributed by atoms with Gasteiger partial charge in [0.25, 0.3) is 0 Å². The summed E-state index contributed by atoms with van der Waals surface area (Å²) in [6.45, 7) is 9.91. The fraction of sp³-hybridized carbons (Fsp3) is 0.650. The van der Waals surface area contributed by atoms with Gasteiger partial charge in [-0.3, -0.25) is 14.8 Å². The van der Waals surface area contributed by atoms with Gasteiger partial charge in [-0.1, -0.05) is 0 Å². The van der Waals surface area contributed by atoms with Gasteiger partial charge in [-0.15, -0.1) is 0 Å². The number of carbonyl (C=O) groups is 1. The number of aromatic amines is 2. The molecule has 5 heterocycles. The molecule has 7 heteroatoms. The number of aromatic nitrogens is 4.